The maximum absolute atomic E-state index is 11.5. The number of carbonyl (C=O) groups excluding carboxylic acids is 3. The fraction of sp³-hybridized carbons (Fsp3) is 0.750. The Hall–Kier alpha value is -1.59. The molecule has 104 valence electrons. The summed E-state index contributed by atoms with van der Waals surface area (Å²) < 4.78 is 14.4. The van der Waals surface area contributed by atoms with E-state index in [0.29, 0.717) is 12.8 Å². The van der Waals surface area contributed by atoms with Crippen molar-refractivity contribution in [2.75, 3.05) is 13.2 Å². The summed E-state index contributed by atoms with van der Waals surface area (Å²) >= 11 is 0. The second kappa shape index (κ2) is 9.44. The molecular formula is C12H20O6. The number of esters is 3. The lowest BCUT2D eigenvalue weighted by Gasteiger charge is -2.15. The van der Waals surface area contributed by atoms with Gasteiger partial charge in [0, 0.05) is 6.92 Å². The number of carbonyl (C=O) groups is 3. The first-order chi connectivity index (χ1) is 8.51. The van der Waals surface area contributed by atoms with Gasteiger partial charge in [0.2, 0.25) is 6.10 Å². The predicted molar refractivity (Wildman–Crippen MR) is 62.7 cm³/mol. The van der Waals surface area contributed by atoms with Crippen LogP contribution in [0.5, 0.6) is 0 Å². The monoisotopic (exact) mass is 260 g/mol. The van der Waals surface area contributed by atoms with E-state index in [0.717, 1.165) is 6.92 Å². The Morgan fingerprint density at radius 2 is 1.56 bits per heavy atom. The van der Waals surface area contributed by atoms with E-state index in [2.05, 4.69) is 0 Å². The van der Waals surface area contributed by atoms with Gasteiger partial charge in [0.1, 0.15) is 0 Å². The quantitative estimate of drug-likeness (QED) is 0.482. The van der Waals surface area contributed by atoms with E-state index >= 15 is 0 Å². The molecule has 0 saturated carbocycles. The van der Waals surface area contributed by atoms with E-state index in [1.165, 1.54) is 0 Å². The summed E-state index contributed by atoms with van der Waals surface area (Å²) in [5.74, 6) is -1.95. The van der Waals surface area contributed by atoms with E-state index in [1.54, 1.807) is 0 Å². The summed E-state index contributed by atoms with van der Waals surface area (Å²) in [5.41, 5.74) is 0. The van der Waals surface area contributed by atoms with Crippen LogP contribution < -0.4 is 0 Å². The highest BCUT2D eigenvalue weighted by molar-refractivity contribution is 5.84. The molecule has 0 fully saturated rings. The lowest BCUT2D eigenvalue weighted by atomic mass is 10.2. The highest BCUT2D eigenvalue weighted by atomic mass is 16.6. The largest absolute Gasteiger partial charge is 0.466 e. The SMILES string of the molecule is CCCOC(=O)CC(OC(C)=O)C(=O)OCCC. The lowest BCUT2D eigenvalue weighted by molar-refractivity contribution is -0.170. The summed E-state index contributed by atoms with van der Waals surface area (Å²) in [6.07, 6.45) is -0.205. The Labute approximate surface area is 107 Å². The molecule has 18 heavy (non-hydrogen) atoms. The van der Waals surface area contributed by atoms with E-state index < -0.39 is 24.0 Å². The first kappa shape index (κ1) is 16.4. The van der Waals surface area contributed by atoms with Crippen molar-refractivity contribution in [3.05, 3.63) is 0 Å². The Morgan fingerprint density at radius 1 is 1.00 bits per heavy atom. The highest BCUT2D eigenvalue weighted by Gasteiger charge is 2.27. The molecule has 0 rings (SSSR count). The topological polar surface area (TPSA) is 78.9 Å². The second-order valence-electron chi connectivity index (χ2n) is 3.69. The van der Waals surface area contributed by atoms with Gasteiger partial charge in [-0.2, -0.15) is 0 Å². The van der Waals surface area contributed by atoms with Crippen LogP contribution in [0.1, 0.15) is 40.0 Å². The zero-order chi connectivity index (χ0) is 14.0. The van der Waals surface area contributed by atoms with E-state index in [1.807, 2.05) is 13.8 Å². The predicted octanol–water partition coefficient (Wildman–Crippen LogP) is 1.21. The number of hydrogen-bond donors (Lipinski definition) is 0. The van der Waals surface area contributed by atoms with Crippen LogP contribution >= 0.6 is 0 Å². The average molecular weight is 260 g/mol. The molecule has 0 aliphatic carbocycles. The molecule has 1 atom stereocenters. The summed E-state index contributed by atoms with van der Waals surface area (Å²) in [7, 11) is 0. The zero-order valence-electron chi connectivity index (χ0n) is 11.1. The molecule has 0 aliphatic heterocycles. The van der Waals surface area contributed by atoms with Gasteiger partial charge in [0.05, 0.1) is 19.6 Å². The van der Waals surface area contributed by atoms with Gasteiger partial charge < -0.3 is 14.2 Å². The van der Waals surface area contributed by atoms with E-state index in [-0.39, 0.29) is 19.6 Å². The van der Waals surface area contributed by atoms with Crippen LogP contribution in [-0.2, 0) is 28.6 Å². The molecule has 0 heterocycles. The van der Waals surface area contributed by atoms with Crippen LogP contribution in [0.25, 0.3) is 0 Å². The molecule has 6 nitrogen and oxygen atoms in total. The van der Waals surface area contributed by atoms with Gasteiger partial charge in [-0.25, -0.2) is 4.79 Å². The van der Waals surface area contributed by atoms with Crippen LogP contribution in [0, 0.1) is 0 Å². The smallest absolute Gasteiger partial charge is 0.348 e. The van der Waals surface area contributed by atoms with Crippen LogP contribution in [-0.4, -0.2) is 37.2 Å². The lowest BCUT2D eigenvalue weighted by Crippen LogP contribution is -2.31. The van der Waals surface area contributed by atoms with Gasteiger partial charge >= 0.3 is 17.9 Å². The van der Waals surface area contributed by atoms with E-state index in [9.17, 15) is 14.4 Å². The van der Waals surface area contributed by atoms with Gasteiger partial charge in [-0.1, -0.05) is 13.8 Å². The fourth-order valence-electron chi connectivity index (χ4n) is 1.10. The Bertz CT molecular complexity index is 286. The van der Waals surface area contributed by atoms with Gasteiger partial charge in [0.25, 0.3) is 0 Å². The summed E-state index contributed by atoms with van der Waals surface area (Å²) in [6.45, 7) is 5.35. The second-order valence-corrected chi connectivity index (χ2v) is 3.69. The maximum atomic E-state index is 11.5. The van der Waals surface area contributed by atoms with Crippen molar-refractivity contribution in [3.8, 4) is 0 Å². The van der Waals surface area contributed by atoms with E-state index in [4.69, 9.17) is 14.2 Å². The van der Waals surface area contributed by atoms with Crippen molar-refractivity contribution >= 4 is 17.9 Å². The third kappa shape index (κ3) is 7.65. The van der Waals surface area contributed by atoms with Crippen molar-refractivity contribution < 1.29 is 28.6 Å². The van der Waals surface area contributed by atoms with Crippen LogP contribution in [0.15, 0.2) is 0 Å². The normalized spacial score (nSPS) is 11.5. The fourth-order valence-corrected chi connectivity index (χ4v) is 1.10. The highest BCUT2D eigenvalue weighted by Crippen LogP contribution is 2.05. The van der Waals surface area contributed by atoms with Gasteiger partial charge in [-0.05, 0) is 12.8 Å². The van der Waals surface area contributed by atoms with Crippen LogP contribution in [0.3, 0.4) is 0 Å². The number of ether oxygens (including phenoxy) is 3. The summed E-state index contributed by atoms with van der Waals surface area (Å²) in [4.78, 5) is 33.7. The first-order valence-corrected chi connectivity index (χ1v) is 6.00. The number of hydrogen-bond acceptors (Lipinski definition) is 6. The van der Waals surface area contributed by atoms with Crippen LogP contribution in [0.2, 0.25) is 0 Å². The maximum Gasteiger partial charge on any atom is 0.348 e. The molecule has 0 bridgehead atoms. The van der Waals surface area contributed by atoms with Gasteiger partial charge in [0.15, 0.2) is 0 Å². The summed E-state index contributed by atoms with van der Waals surface area (Å²) in [5, 5.41) is 0. The molecule has 0 saturated heterocycles. The van der Waals surface area contributed by atoms with Crippen molar-refractivity contribution in [1.82, 2.24) is 0 Å². The standard InChI is InChI=1S/C12H20O6/c1-4-6-16-11(14)8-10(18-9(3)13)12(15)17-7-5-2/h10H,4-8H2,1-3H3. The van der Waals surface area contributed by atoms with Crippen molar-refractivity contribution in [2.45, 2.75) is 46.1 Å². The molecule has 0 aromatic rings. The molecule has 0 radical (unpaired) electrons. The average Bonchev–Trinajstić information content (AvgIpc) is 2.32. The molecule has 6 heteroatoms. The molecule has 0 N–H and O–H groups in total. The van der Waals surface area contributed by atoms with Crippen molar-refractivity contribution in [2.24, 2.45) is 0 Å². The van der Waals surface area contributed by atoms with Gasteiger partial charge in [-0.15, -0.1) is 0 Å². The number of rotatable bonds is 8. The minimum atomic E-state index is -1.22. The third-order valence-electron chi connectivity index (χ3n) is 1.84. The minimum absolute atomic E-state index is 0.223. The molecule has 1 unspecified atom stereocenters. The molecule has 0 aromatic heterocycles. The first-order valence-electron chi connectivity index (χ1n) is 6.00. The summed E-state index contributed by atoms with van der Waals surface area (Å²) in [6, 6.07) is 0. The Kier molecular flexibility index (Phi) is 8.61. The van der Waals surface area contributed by atoms with Gasteiger partial charge in [-0.3, -0.25) is 9.59 Å². The molecular weight excluding hydrogens is 240 g/mol. The molecule has 0 spiro atoms. The zero-order valence-corrected chi connectivity index (χ0v) is 11.1. The molecule has 0 aromatic carbocycles. The Morgan fingerprint density at radius 3 is 2.06 bits per heavy atom. The third-order valence-corrected chi connectivity index (χ3v) is 1.84. The van der Waals surface area contributed by atoms with Crippen molar-refractivity contribution in [3.63, 3.8) is 0 Å². The van der Waals surface area contributed by atoms with Crippen LogP contribution in [0.4, 0.5) is 0 Å². The minimum Gasteiger partial charge on any atom is -0.466 e. The molecule has 0 aliphatic rings. The van der Waals surface area contributed by atoms with Crippen molar-refractivity contribution in [1.29, 1.82) is 0 Å². The molecule has 0 amide bonds. The Balaban J connectivity index is 4.33.